The minimum absolute atomic E-state index is 0.341. The number of benzene rings is 1. The standard InChI is InChI=1S/C17H27NO2/c1-13-5-6-16(14(2)9-13)20-11-15(19)10-18-12-17(3)7-4-8-17/h5-6,9,15,18-19H,4,7-8,10-12H2,1-3H3. The van der Waals surface area contributed by atoms with E-state index in [1.807, 2.05) is 19.1 Å². The molecule has 1 atom stereocenters. The van der Waals surface area contributed by atoms with Crippen molar-refractivity contribution in [3.8, 4) is 5.75 Å². The summed E-state index contributed by atoms with van der Waals surface area (Å²) in [5.41, 5.74) is 2.80. The predicted molar refractivity (Wildman–Crippen MR) is 82.2 cm³/mol. The van der Waals surface area contributed by atoms with E-state index in [1.54, 1.807) is 0 Å². The van der Waals surface area contributed by atoms with E-state index >= 15 is 0 Å². The average Bonchev–Trinajstić information content (AvgIpc) is 2.35. The van der Waals surface area contributed by atoms with Crippen LogP contribution in [-0.4, -0.2) is 30.9 Å². The summed E-state index contributed by atoms with van der Waals surface area (Å²) in [6.45, 7) is 8.34. The van der Waals surface area contributed by atoms with Gasteiger partial charge in [-0.15, -0.1) is 0 Å². The lowest BCUT2D eigenvalue weighted by Gasteiger charge is -2.38. The molecule has 3 heteroatoms. The zero-order chi connectivity index (χ0) is 14.6. The largest absolute Gasteiger partial charge is 0.491 e. The van der Waals surface area contributed by atoms with Crippen LogP contribution in [0.1, 0.15) is 37.3 Å². The predicted octanol–water partition coefficient (Wildman–Crippen LogP) is 2.82. The first kappa shape index (κ1) is 15.3. The molecule has 0 heterocycles. The van der Waals surface area contributed by atoms with Crippen molar-refractivity contribution in [3.05, 3.63) is 29.3 Å². The Morgan fingerprint density at radius 1 is 1.35 bits per heavy atom. The van der Waals surface area contributed by atoms with Crippen LogP contribution in [0, 0.1) is 19.3 Å². The quantitative estimate of drug-likeness (QED) is 0.805. The molecular formula is C17H27NO2. The van der Waals surface area contributed by atoms with Crippen molar-refractivity contribution in [2.75, 3.05) is 19.7 Å². The van der Waals surface area contributed by atoms with Crippen LogP contribution in [0.25, 0.3) is 0 Å². The zero-order valence-electron chi connectivity index (χ0n) is 12.9. The fourth-order valence-corrected chi connectivity index (χ4v) is 2.70. The SMILES string of the molecule is Cc1ccc(OCC(O)CNCC2(C)CCC2)c(C)c1. The van der Waals surface area contributed by atoms with E-state index in [0.29, 0.717) is 18.6 Å². The molecule has 1 fully saturated rings. The van der Waals surface area contributed by atoms with Gasteiger partial charge in [-0.2, -0.15) is 0 Å². The van der Waals surface area contributed by atoms with Gasteiger partial charge in [-0.25, -0.2) is 0 Å². The number of aliphatic hydroxyl groups excluding tert-OH is 1. The first-order valence-electron chi connectivity index (χ1n) is 7.57. The second-order valence-electron chi connectivity index (χ2n) is 6.53. The number of aryl methyl sites for hydroxylation is 2. The van der Waals surface area contributed by atoms with Crippen LogP contribution < -0.4 is 10.1 Å². The van der Waals surface area contributed by atoms with Crippen LogP contribution in [0.2, 0.25) is 0 Å². The highest BCUT2D eigenvalue weighted by molar-refractivity contribution is 5.35. The van der Waals surface area contributed by atoms with Gasteiger partial charge in [-0.3, -0.25) is 0 Å². The smallest absolute Gasteiger partial charge is 0.122 e. The van der Waals surface area contributed by atoms with Gasteiger partial charge in [0.15, 0.2) is 0 Å². The third-order valence-electron chi connectivity index (χ3n) is 4.25. The van der Waals surface area contributed by atoms with Crippen LogP contribution in [0.5, 0.6) is 5.75 Å². The van der Waals surface area contributed by atoms with Gasteiger partial charge in [-0.1, -0.05) is 31.0 Å². The number of hydrogen-bond acceptors (Lipinski definition) is 3. The Labute approximate surface area is 122 Å². The van der Waals surface area contributed by atoms with Gasteiger partial charge in [0, 0.05) is 13.1 Å². The van der Waals surface area contributed by atoms with E-state index in [2.05, 4.69) is 25.2 Å². The Kier molecular flexibility index (Phi) is 5.06. The van der Waals surface area contributed by atoms with Crippen LogP contribution in [0.3, 0.4) is 0 Å². The van der Waals surface area contributed by atoms with Gasteiger partial charge in [0.25, 0.3) is 0 Å². The zero-order valence-corrected chi connectivity index (χ0v) is 12.9. The van der Waals surface area contributed by atoms with E-state index in [4.69, 9.17) is 4.74 Å². The highest BCUT2D eigenvalue weighted by Crippen LogP contribution is 2.39. The van der Waals surface area contributed by atoms with Crippen LogP contribution in [0.15, 0.2) is 18.2 Å². The molecule has 1 aromatic carbocycles. The Hall–Kier alpha value is -1.06. The Morgan fingerprint density at radius 3 is 2.70 bits per heavy atom. The average molecular weight is 277 g/mol. The second-order valence-corrected chi connectivity index (χ2v) is 6.53. The van der Waals surface area contributed by atoms with Crippen molar-refractivity contribution in [2.24, 2.45) is 5.41 Å². The van der Waals surface area contributed by atoms with E-state index < -0.39 is 6.10 Å². The monoisotopic (exact) mass is 277 g/mol. The van der Waals surface area contributed by atoms with Crippen molar-refractivity contribution in [1.29, 1.82) is 0 Å². The van der Waals surface area contributed by atoms with Crippen LogP contribution in [-0.2, 0) is 0 Å². The number of rotatable bonds is 7. The van der Waals surface area contributed by atoms with Gasteiger partial charge in [-0.05, 0) is 43.7 Å². The summed E-state index contributed by atoms with van der Waals surface area (Å²) in [6.07, 6.45) is 3.49. The lowest BCUT2D eigenvalue weighted by Crippen LogP contribution is -2.41. The molecule has 0 aromatic heterocycles. The molecule has 0 bridgehead atoms. The van der Waals surface area contributed by atoms with Crippen molar-refractivity contribution < 1.29 is 9.84 Å². The Bertz CT molecular complexity index is 441. The maximum Gasteiger partial charge on any atom is 0.122 e. The summed E-state index contributed by atoms with van der Waals surface area (Å²) < 4.78 is 5.69. The Morgan fingerprint density at radius 2 is 2.10 bits per heavy atom. The molecule has 0 radical (unpaired) electrons. The molecular weight excluding hydrogens is 250 g/mol. The molecule has 0 spiro atoms. The van der Waals surface area contributed by atoms with Gasteiger partial charge < -0.3 is 15.2 Å². The van der Waals surface area contributed by atoms with E-state index in [9.17, 15) is 5.11 Å². The number of nitrogens with one attached hydrogen (secondary N) is 1. The van der Waals surface area contributed by atoms with E-state index in [-0.39, 0.29) is 0 Å². The molecule has 2 N–H and O–H groups in total. The van der Waals surface area contributed by atoms with Crippen molar-refractivity contribution in [2.45, 2.75) is 46.1 Å². The van der Waals surface area contributed by atoms with Gasteiger partial charge >= 0.3 is 0 Å². The summed E-state index contributed by atoms with van der Waals surface area (Å²) in [5, 5.41) is 13.3. The van der Waals surface area contributed by atoms with Crippen LogP contribution in [0.4, 0.5) is 0 Å². The molecule has 3 nitrogen and oxygen atoms in total. The molecule has 1 aliphatic rings. The normalized spacial score (nSPS) is 18.4. The minimum Gasteiger partial charge on any atom is -0.491 e. The summed E-state index contributed by atoms with van der Waals surface area (Å²) in [5.74, 6) is 0.862. The first-order chi connectivity index (χ1) is 9.48. The van der Waals surface area contributed by atoms with Gasteiger partial charge in [0.05, 0.1) is 0 Å². The number of ether oxygens (including phenoxy) is 1. The summed E-state index contributed by atoms with van der Waals surface area (Å²) in [6, 6.07) is 6.10. The third-order valence-corrected chi connectivity index (χ3v) is 4.25. The van der Waals surface area contributed by atoms with Gasteiger partial charge in [0.2, 0.25) is 0 Å². The van der Waals surface area contributed by atoms with Crippen molar-refractivity contribution in [1.82, 2.24) is 5.32 Å². The highest BCUT2D eigenvalue weighted by Gasteiger charge is 2.31. The molecule has 112 valence electrons. The maximum atomic E-state index is 9.96. The lowest BCUT2D eigenvalue weighted by molar-refractivity contribution is 0.0943. The maximum absolute atomic E-state index is 9.96. The second kappa shape index (κ2) is 6.59. The molecule has 20 heavy (non-hydrogen) atoms. The molecule has 1 aliphatic carbocycles. The molecule has 2 rings (SSSR count). The molecule has 0 saturated heterocycles. The third kappa shape index (κ3) is 4.22. The first-order valence-corrected chi connectivity index (χ1v) is 7.57. The highest BCUT2D eigenvalue weighted by atomic mass is 16.5. The summed E-state index contributed by atoms with van der Waals surface area (Å²) in [7, 11) is 0. The van der Waals surface area contributed by atoms with Crippen molar-refractivity contribution in [3.63, 3.8) is 0 Å². The molecule has 1 saturated carbocycles. The summed E-state index contributed by atoms with van der Waals surface area (Å²) >= 11 is 0. The Balaban J connectivity index is 1.67. The van der Waals surface area contributed by atoms with Crippen molar-refractivity contribution >= 4 is 0 Å². The fraction of sp³-hybridized carbons (Fsp3) is 0.647. The van der Waals surface area contributed by atoms with Gasteiger partial charge in [0.1, 0.15) is 18.5 Å². The number of hydrogen-bond donors (Lipinski definition) is 2. The molecule has 1 unspecified atom stereocenters. The number of aliphatic hydroxyl groups is 1. The fourth-order valence-electron chi connectivity index (χ4n) is 2.70. The molecule has 0 aliphatic heterocycles. The molecule has 0 amide bonds. The molecule has 1 aromatic rings. The topological polar surface area (TPSA) is 41.5 Å². The van der Waals surface area contributed by atoms with E-state index in [0.717, 1.165) is 17.9 Å². The van der Waals surface area contributed by atoms with E-state index in [1.165, 1.54) is 24.8 Å². The van der Waals surface area contributed by atoms with Crippen LogP contribution >= 0.6 is 0 Å². The summed E-state index contributed by atoms with van der Waals surface area (Å²) in [4.78, 5) is 0. The lowest BCUT2D eigenvalue weighted by atomic mass is 9.70. The minimum atomic E-state index is -0.459.